The Labute approximate surface area is 261 Å². The Hall–Kier alpha value is -4.03. The topological polar surface area (TPSA) is 51.4 Å². The van der Waals surface area contributed by atoms with E-state index in [4.69, 9.17) is 14.7 Å². The summed E-state index contributed by atoms with van der Waals surface area (Å²) in [4.78, 5) is 9.71. The van der Waals surface area contributed by atoms with Crippen LogP contribution in [0.3, 0.4) is 0 Å². The van der Waals surface area contributed by atoms with Crippen LogP contribution in [0.2, 0.25) is 0 Å². The number of aromatic nitrogens is 4. The molecule has 0 saturated heterocycles. The number of ether oxygens (including phenoxy) is 1. The first-order valence-electron chi connectivity index (χ1n) is 14.9. The van der Waals surface area contributed by atoms with Crippen LogP contribution in [-0.2, 0) is 13.1 Å². The summed E-state index contributed by atoms with van der Waals surface area (Å²) in [7, 11) is 0. The van der Waals surface area contributed by atoms with Gasteiger partial charge in [-0.3, -0.25) is 0 Å². The second-order valence-corrected chi connectivity index (χ2v) is 22.6. The van der Waals surface area contributed by atoms with Crippen LogP contribution in [-0.4, -0.2) is 49.9 Å². The van der Waals surface area contributed by atoms with Gasteiger partial charge in [0.05, 0.1) is 0 Å². The zero-order valence-corrected chi connectivity index (χ0v) is 28.7. The van der Waals surface area contributed by atoms with E-state index >= 15 is 0 Å². The summed E-state index contributed by atoms with van der Waals surface area (Å²) in [6, 6.07) is 26.6. The zero-order valence-electron chi connectivity index (χ0n) is 23.9. The minimum atomic E-state index is -2.25. The number of anilines is 2. The van der Waals surface area contributed by atoms with Crippen molar-refractivity contribution in [1.82, 2.24) is 16.5 Å². The van der Waals surface area contributed by atoms with Crippen molar-refractivity contribution in [3.8, 4) is 34.3 Å². The van der Waals surface area contributed by atoms with E-state index in [1.54, 1.807) is 8.24 Å². The molecule has 204 valence electrons. The molecule has 0 fully saturated rings. The molecule has 43 heavy (non-hydrogen) atoms. The van der Waals surface area contributed by atoms with Gasteiger partial charge in [0.1, 0.15) is 0 Å². The maximum absolute atomic E-state index is 6.60. The molecule has 0 amide bonds. The number of aryl methyl sites for hydroxylation is 2. The van der Waals surface area contributed by atoms with Crippen molar-refractivity contribution < 1.29 is 4.74 Å². The van der Waals surface area contributed by atoms with Gasteiger partial charge in [-0.2, -0.15) is 0 Å². The van der Waals surface area contributed by atoms with Gasteiger partial charge in [-0.05, 0) is 0 Å². The minimum absolute atomic E-state index is 0.825. The van der Waals surface area contributed by atoms with Crippen molar-refractivity contribution in [2.75, 3.05) is 7.21 Å². The van der Waals surface area contributed by atoms with Crippen molar-refractivity contribution in [3.63, 3.8) is 0 Å². The Morgan fingerprint density at radius 1 is 0.628 bits per heavy atom. The molecule has 0 bridgehead atoms. The summed E-state index contributed by atoms with van der Waals surface area (Å²) in [5.41, 5.74) is 10.6. The molecular weight excluding hydrogens is 648 g/mol. The predicted octanol–water partition coefficient (Wildman–Crippen LogP) is 4.98. The molecule has 2 aromatic heterocycles. The molecule has 4 aliphatic rings. The van der Waals surface area contributed by atoms with Gasteiger partial charge in [0.15, 0.2) is 0 Å². The van der Waals surface area contributed by atoms with E-state index in [0.717, 1.165) is 47.4 Å². The molecule has 0 radical (unpaired) electrons. The normalized spacial score (nSPS) is 14.8. The van der Waals surface area contributed by atoms with Crippen LogP contribution < -0.4 is 20.2 Å². The van der Waals surface area contributed by atoms with Crippen LogP contribution in [0.5, 0.6) is 11.5 Å². The molecule has 10 rings (SSSR count). The van der Waals surface area contributed by atoms with Crippen LogP contribution in [0.25, 0.3) is 22.8 Å². The summed E-state index contributed by atoms with van der Waals surface area (Å²) >= 11 is -4.50. The van der Waals surface area contributed by atoms with E-state index in [2.05, 4.69) is 113 Å². The molecule has 0 aliphatic carbocycles. The fraction of sp³-hybridized carbons (Fsp3) is 0.118. The Kier molecular flexibility index (Phi) is 4.98. The zero-order chi connectivity index (χ0) is 28.4. The Balaban J connectivity index is 1.02. The molecule has 0 N–H and O–H groups in total. The fourth-order valence-electron chi connectivity index (χ4n) is 7.95. The number of imidazole rings is 2. The average Bonchev–Trinajstić information content (AvgIpc) is 3.81. The molecule has 7 nitrogen and oxygen atoms in total. The van der Waals surface area contributed by atoms with Gasteiger partial charge in [0.25, 0.3) is 0 Å². The quantitative estimate of drug-likeness (QED) is 0.243. The third-order valence-electron chi connectivity index (χ3n) is 9.75. The van der Waals surface area contributed by atoms with Crippen molar-refractivity contribution in [2.45, 2.75) is 26.9 Å². The maximum atomic E-state index is 6.60. The third-order valence-corrected chi connectivity index (χ3v) is 23.8. The Morgan fingerprint density at radius 2 is 1.12 bits per heavy atom. The van der Waals surface area contributed by atoms with Crippen LogP contribution in [0.1, 0.15) is 22.3 Å². The van der Waals surface area contributed by atoms with Crippen molar-refractivity contribution in [1.29, 1.82) is 0 Å². The Morgan fingerprint density at radius 3 is 1.60 bits per heavy atom. The standard InChI is InChI=1S/C34H26N6O.2Ga/c1-23-5-3-7-25(17-23)21-39-31-11-9-27(19-29(31)33-35-13-14-36-33)41-28-10-12-32(30(20-28)34-37-15-16-38-34)40-22-26-8-4-6-24(2)18-26;;/h3-16,19-20H,21-22H2,1-2H3;;/q-4;2*+2. The van der Waals surface area contributed by atoms with E-state index in [0.29, 0.717) is 0 Å². The van der Waals surface area contributed by atoms with Gasteiger partial charge in [-0.15, -0.1) is 0 Å². The average molecular weight is 674 g/mol. The third kappa shape index (κ3) is 3.30. The predicted molar refractivity (Wildman–Crippen MR) is 172 cm³/mol. The monoisotopic (exact) mass is 672 g/mol. The van der Waals surface area contributed by atoms with Crippen LogP contribution in [0.15, 0.2) is 97.6 Å². The van der Waals surface area contributed by atoms with Gasteiger partial charge < -0.3 is 0 Å². The molecule has 0 spiro atoms. The van der Waals surface area contributed by atoms with E-state index < -0.39 is 33.4 Å². The van der Waals surface area contributed by atoms with Gasteiger partial charge in [-0.1, -0.05) is 0 Å². The van der Waals surface area contributed by atoms with Crippen LogP contribution >= 0.6 is 0 Å². The van der Waals surface area contributed by atoms with E-state index in [9.17, 15) is 0 Å². The molecule has 0 atom stereocenters. The molecule has 6 aromatic rings. The molecule has 4 aliphatic heterocycles. The SMILES string of the molecule is Cc1cccc2[c]1[Ga]1[N](C2)c2ccc(Oc3ccc4c(c3)-c3ncc[n]3[Ga]3[c]5c(C)cccc5C[N]43)cc2-c2ncc[n]21. The van der Waals surface area contributed by atoms with E-state index in [1.165, 1.54) is 33.6 Å². The number of hydrogen-bond acceptors (Lipinski definition) is 5. The van der Waals surface area contributed by atoms with Crippen LogP contribution in [0.4, 0.5) is 11.4 Å². The first-order valence-corrected chi connectivity index (χ1v) is 21.6. The molecule has 0 saturated carbocycles. The molecular formula is C34H26Ga2N6O. The van der Waals surface area contributed by atoms with E-state index in [1.807, 2.05) is 12.4 Å². The molecule has 6 heterocycles. The summed E-state index contributed by atoms with van der Waals surface area (Å²) in [5, 5.41) is 0. The van der Waals surface area contributed by atoms with Gasteiger partial charge in [0.2, 0.25) is 0 Å². The number of rotatable bonds is 2. The summed E-state index contributed by atoms with van der Waals surface area (Å²) in [6.45, 7) is 6.45. The van der Waals surface area contributed by atoms with Gasteiger partial charge >= 0.3 is 263 Å². The van der Waals surface area contributed by atoms with E-state index in [-0.39, 0.29) is 0 Å². The van der Waals surface area contributed by atoms with Crippen LogP contribution in [0, 0.1) is 13.8 Å². The second-order valence-electron chi connectivity index (χ2n) is 12.1. The first kappa shape index (κ1) is 24.4. The summed E-state index contributed by atoms with van der Waals surface area (Å²) in [6.07, 6.45) is 8.29. The Bertz CT molecular complexity index is 2000. The fourth-order valence-corrected chi connectivity index (χ4v) is 22.4. The summed E-state index contributed by atoms with van der Waals surface area (Å²) in [5.74, 6) is 3.77. The number of benzene rings is 4. The molecule has 9 heteroatoms. The van der Waals surface area contributed by atoms with Crippen molar-refractivity contribution >= 4 is 53.0 Å². The summed E-state index contributed by atoms with van der Waals surface area (Å²) < 4.78 is 20.1. The van der Waals surface area contributed by atoms with Crippen molar-refractivity contribution in [2.24, 2.45) is 0 Å². The van der Waals surface area contributed by atoms with Gasteiger partial charge in [-0.25, -0.2) is 0 Å². The van der Waals surface area contributed by atoms with Gasteiger partial charge in [0, 0.05) is 0 Å². The number of fused-ring (bicyclic) bond motifs is 16. The molecule has 4 aromatic carbocycles. The van der Waals surface area contributed by atoms with Crippen molar-refractivity contribution in [3.05, 3.63) is 120 Å². The molecule has 0 unspecified atom stereocenters. The second kappa shape index (κ2) is 8.76. The first-order chi connectivity index (χ1) is 21.1. The number of nitrogens with zero attached hydrogens (tertiary/aromatic N) is 6. The number of hydrogen-bond donors (Lipinski definition) is 0.